The van der Waals surface area contributed by atoms with Gasteiger partial charge in [-0.2, -0.15) is 0 Å². The average Bonchev–Trinajstić information content (AvgIpc) is 2.80. The molecule has 0 unspecified atom stereocenters. The highest BCUT2D eigenvalue weighted by atomic mass is 35.5. The number of nitrogens with one attached hydrogen (secondary N) is 2. The summed E-state index contributed by atoms with van der Waals surface area (Å²) in [7, 11) is 0. The first-order chi connectivity index (χ1) is 8.18. The number of nitro groups is 1. The van der Waals surface area contributed by atoms with Crippen LogP contribution in [0.4, 0.5) is 11.4 Å². The zero-order valence-corrected chi connectivity index (χ0v) is 9.57. The first-order valence-electron chi connectivity index (χ1n) is 4.97. The lowest BCUT2D eigenvalue weighted by molar-refractivity contribution is -0.384. The third-order valence-electron chi connectivity index (χ3n) is 2.31. The largest absolute Gasteiger partial charge is 0.378 e. The molecule has 17 heavy (non-hydrogen) atoms. The Hall–Kier alpha value is -2.01. The van der Waals surface area contributed by atoms with E-state index in [2.05, 4.69) is 10.3 Å². The topological polar surface area (TPSA) is 71.0 Å². The van der Waals surface area contributed by atoms with Gasteiger partial charge in [-0.3, -0.25) is 10.1 Å². The van der Waals surface area contributed by atoms with Crippen molar-refractivity contribution in [1.82, 2.24) is 4.98 Å². The summed E-state index contributed by atoms with van der Waals surface area (Å²) in [6.45, 7) is 0.536. The Balaban J connectivity index is 2.16. The van der Waals surface area contributed by atoms with Gasteiger partial charge >= 0.3 is 0 Å². The molecule has 0 aliphatic carbocycles. The van der Waals surface area contributed by atoms with E-state index >= 15 is 0 Å². The summed E-state index contributed by atoms with van der Waals surface area (Å²) in [6, 6.07) is 8.48. The van der Waals surface area contributed by atoms with Crippen LogP contribution in [0.15, 0.2) is 36.5 Å². The Morgan fingerprint density at radius 3 is 2.82 bits per heavy atom. The smallest absolute Gasteiger partial charge is 0.289 e. The van der Waals surface area contributed by atoms with Gasteiger partial charge in [0.25, 0.3) is 5.69 Å². The number of hydrogen-bond acceptors (Lipinski definition) is 3. The van der Waals surface area contributed by atoms with Gasteiger partial charge in [-0.1, -0.05) is 17.7 Å². The molecule has 1 heterocycles. The molecule has 0 fully saturated rings. The molecule has 2 aromatic rings. The summed E-state index contributed by atoms with van der Waals surface area (Å²) in [4.78, 5) is 13.2. The summed E-state index contributed by atoms with van der Waals surface area (Å²) in [6.07, 6.45) is 1.81. The van der Waals surface area contributed by atoms with Gasteiger partial charge in [-0.15, -0.1) is 0 Å². The second kappa shape index (κ2) is 4.88. The Morgan fingerprint density at radius 2 is 2.18 bits per heavy atom. The minimum absolute atomic E-state index is 0.0943. The average molecular weight is 252 g/mol. The fourth-order valence-electron chi connectivity index (χ4n) is 1.47. The van der Waals surface area contributed by atoms with E-state index in [4.69, 9.17) is 11.6 Å². The third kappa shape index (κ3) is 2.57. The van der Waals surface area contributed by atoms with E-state index in [0.29, 0.717) is 12.2 Å². The van der Waals surface area contributed by atoms with Gasteiger partial charge in [0.2, 0.25) is 0 Å². The minimum Gasteiger partial charge on any atom is -0.378 e. The van der Waals surface area contributed by atoms with Gasteiger partial charge < -0.3 is 10.3 Å². The molecule has 6 heteroatoms. The van der Waals surface area contributed by atoms with Crippen molar-refractivity contribution >= 4 is 23.0 Å². The maximum absolute atomic E-state index is 10.7. The molecule has 0 aliphatic rings. The highest BCUT2D eigenvalue weighted by Gasteiger charge is 2.14. The molecule has 2 rings (SSSR count). The SMILES string of the molecule is O=[N+]([O-])c1cccc(NCc2ccc[nH]2)c1Cl. The molecule has 0 atom stereocenters. The molecule has 1 aromatic heterocycles. The number of H-pyrrole nitrogens is 1. The fourth-order valence-corrected chi connectivity index (χ4v) is 1.73. The van der Waals surface area contributed by atoms with E-state index < -0.39 is 4.92 Å². The highest BCUT2D eigenvalue weighted by Crippen LogP contribution is 2.31. The van der Waals surface area contributed by atoms with Gasteiger partial charge in [0.1, 0.15) is 5.02 Å². The number of aromatic nitrogens is 1. The van der Waals surface area contributed by atoms with Crippen LogP contribution in [0.1, 0.15) is 5.69 Å². The zero-order valence-electron chi connectivity index (χ0n) is 8.81. The molecular formula is C11H10ClN3O2. The molecule has 88 valence electrons. The molecule has 0 amide bonds. The van der Waals surface area contributed by atoms with Crippen molar-refractivity contribution in [2.75, 3.05) is 5.32 Å². The standard InChI is InChI=1S/C11H10ClN3O2/c12-11-9(4-1-5-10(11)15(16)17)14-7-8-3-2-6-13-8/h1-6,13-14H,7H2. The molecule has 5 nitrogen and oxygen atoms in total. The van der Waals surface area contributed by atoms with Crippen LogP contribution in [0, 0.1) is 10.1 Å². The molecule has 2 N–H and O–H groups in total. The van der Waals surface area contributed by atoms with Crippen LogP contribution in [0.5, 0.6) is 0 Å². The van der Waals surface area contributed by atoms with E-state index in [-0.39, 0.29) is 10.7 Å². The zero-order chi connectivity index (χ0) is 12.3. The van der Waals surface area contributed by atoms with E-state index in [1.54, 1.807) is 12.1 Å². The Bertz CT molecular complexity index is 526. The Labute approximate surface area is 103 Å². The first kappa shape index (κ1) is 11.5. The van der Waals surface area contributed by atoms with Crippen LogP contribution >= 0.6 is 11.6 Å². The van der Waals surface area contributed by atoms with E-state index in [0.717, 1.165) is 5.69 Å². The molecule has 0 spiro atoms. The van der Waals surface area contributed by atoms with Gasteiger partial charge in [-0.05, 0) is 18.2 Å². The first-order valence-corrected chi connectivity index (χ1v) is 5.35. The van der Waals surface area contributed by atoms with Gasteiger partial charge in [0.05, 0.1) is 17.2 Å². The molecule has 0 saturated heterocycles. The van der Waals surface area contributed by atoms with Crippen LogP contribution in [-0.2, 0) is 6.54 Å². The molecular weight excluding hydrogens is 242 g/mol. The highest BCUT2D eigenvalue weighted by molar-refractivity contribution is 6.35. The van der Waals surface area contributed by atoms with E-state index in [1.165, 1.54) is 6.07 Å². The van der Waals surface area contributed by atoms with Crippen LogP contribution in [0.3, 0.4) is 0 Å². The summed E-state index contributed by atoms with van der Waals surface area (Å²) in [5.74, 6) is 0. The van der Waals surface area contributed by atoms with Crippen LogP contribution in [-0.4, -0.2) is 9.91 Å². The van der Waals surface area contributed by atoms with Crippen molar-refractivity contribution in [2.24, 2.45) is 0 Å². The number of benzene rings is 1. The lowest BCUT2D eigenvalue weighted by atomic mass is 10.2. The van der Waals surface area contributed by atoms with Crippen LogP contribution in [0.25, 0.3) is 0 Å². The van der Waals surface area contributed by atoms with Gasteiger partial charge in [-0.25, -0.2) is 0 Å². The Kier molecular flexibility index (Phi) is 3.30. The fraction of sp³-hybridized carbons (Fsp3) is 0.0909. The predicted molar refractivity (Wildman–Crippen MR) is 66.2 cm³/mol. The molecule has 0 aliphatic heterocycles. The number of nitro benzene ring substituents is 1. The number of anilines is 1. The number of halogens is 1. The monoisotopic (exact) mass is 251 g/mol. The lowest BCUT2D eigenvalue weighted by Gasteiger charge is -2.07. The van der Waals surface area contributed by atoms with Gasteiger partial charge in [0, 0.05) is 18.0 Å². The van der Waals surface area contributed by atoms with Crippen molar-refractivity contribution in [2.45, 2.75) is 6.54 Å². The summed E-state index contributed by atoms with van der Waals surface area (Å²) >= 11 is 5.93. The van der Waals surface area contributed by atoms with Crippen molar-refractivity contribution in [3.8, 4) is 0 Å². The number of nitrogens with zero attached hydrogens (tertiary/aromatic N) is 1. The third-order valence-corrected chi connectivity index (χ3v) is 2.70. The minimum atomic E-state index is -0.498. The van der Waals surface area contributed by atoms with Crippen molar-refractivity contribution in [3.63, 3.8) is 0 Å². The molecule has 0 radical (unpaired) electrons. The molecule has 0 saturated carbocycles. The second-order valence-corrected chi connectivity index (χ2v) is 3.82. The molecule has 0 bridgehead atoms. The quantitative estimate of drug-likeness (QED) is 0.648. The van der Waals surface area contributed by atoms with Crippen molar-refractivity contribution in [1.29, 1.82) is 0 Å². The van der Waals surface area contributed by atoms with Crippen molar-refractivity contribution < 1.29 is 4.92 Å². The number of hydrogen-bond donors (Lipinski definition) is 2. The summed E-state index contributed by atoms with van der Waals surface area (Å²) in [5, 5.41) is 13.9. The van der Waals surface area contributed by atoms with E-state index in [9.17, 15) is 10.1 Å². The predicted octanol–water partition coefficient (Wildman–Crippen LogP) is 3.19. The summed E-state index contributed by atoms with van der Waals surface area (Å²) < 4.78 is 0. The lowest BCUT2D eigenvalue weighted by Crippen LogP contribution is -2.01. The second-order valence-electron chi connectivity index (χ2n) is 3.44. The number of aromatic amines is 1. The maximum Gasteiger partial charge on any atom is 0.289 e. The Morgan fingerprint density at radius 1 is 1.35 bits per heavy atom. The van der Waals surface area contributed by atoms with Gasteiger partial charge in [0.15, 0.2) is 0 Å². The summed E-state index contributed by atoms with van der Waals surface area (Å²) in [5.41, 5.74) is 1.44. The van der Waals surface area contributed by atoms with Crippen LogP contribution < -0.4 is 5.32 Å². The van der Waals surface area contributed by atoms with Crippen LogP contribution in [0.2, 0.25) is 5.02 Å². The van der Waals surface area contributed by atoms with Crippen molar-refractivity contribution in [3.05, 3.63) is 57.4 Å². The normalized spacial score (nSPS) is 10.2. The van der Waals surface area contributed by atoms with E-state index in [1.807, 2.05) is 18.3 Å². The molecule has 1 aromatic carbocycles. The maximum atomic E-state index is 10.7. The number of rotatable bonds is 4.